The van der Waals surface area contributed by atoms with Crippen molar-refractivity contribution in [1.29, 1.82) is 0 Å². The van der Waals surface area contributed by atoms with Crippen LogP contribution >= 0.6 is 0 Å². The molecule has 0 heterocycles. The lowest BCUT2D eigenvalue weighted by Crippen LogP contribution is -2.01. The van der Waals surface area contributed by atoms with Gasteiger partial charge in [0, 0.05) is 5.56 Å². The van der Waals surface area contributed by atoms with Crippen molar-refractivity contribution in [2.75, 3.05) is 0 Å². The van der Waals surface area contributed by atoms with E-state index in [-0.39, 0.29) is 11.3 Å². The van der Waals surface area contributed by atoms with E-state index in [1.54, 1.807) is 0 Å². The Balaban J connectivity index is 2.65. The van der Waals surface area contributed by atoms with Crippen LogP contribution in [0.15, 0.2) is 36.4 Å². The molecule has 11 nitrogen and oxygen atoms in total. The highest BCUT2D eigenvalue weighted by Gasteiger charge is 2.32. The van der Waals surface area contributed by atoms with Crippen molar-refractivity contribution < 1.29 is 24.3 Å². The Hall–Kier alpha value is -3.89. The van der Waals surface area contributed by atoms with Crippen molar-refractivity contribution in [2.45, 2.75) is 0 Å². The first kappa shape index (κ1) is 16.5. The third-order valence-electron chi connectivity index (χ3n) is 2.85. The number of nitro groups is 3. The van der Waals surface area contributed by atoms with Gasteiger partial charge in [0.1, 0.15) is 12.0 Å². The fourth-order valence-corrected chi connectivity index (χ4v) is 1.83. The Bertz CT molecular complexity index is 829. The van der Waals surface area contributed by atoms with Crippen LogP contribution in [0.3, 0.4) is 0 Å². The molecule has 2 aromatic rings. The summed E-state index contributed by atoms with van der Waals surface area (Å²) in [6, 6.07) is 6.49. The number of ether oxygens (including phenoxy) is 1. The van der Waals surface area contributed by atoms with Gasteiger partial charge in [-0.25, -0.2) is 0 Å². The maximum atomic E-state index is 11.1. The lowest BCUT2D eigenvalue weighted by atomic mass is 10.2. The number of non-ortho nitro benzene ring substituents is 1. The van der Waals surface area contributed by atoms with E-state index in [1.807, 2.05) is 0 Å². The molecule has 11 heteroatoms. The zero-order chi connectivity index (χ0) is 17.9. The quantitative estimate of drug-likeness (QED) is 0.443. The van der Waals surface area contributed by atoms with Gasteiger partial charge in [-0.1, -0.05) is 12.1 Å². The fourth-order valence-electron chi connectivity index (χ4n) is 1.83. The predicted molar refractivity (Wildman–Crippen MR) is 78.3 cm³/mol. The molecular weight excluding hydrogens is 326 g/mol. The second-order valence-corrected chi connectivity index (χ2v) is 4.38. The van der Waals surface area contributed by atoms with Crippen LogP contribution in [0.1, 0.15) is 10.4 Å². The number of nitro benzene ring substituents is 3. The molecule has 122 valence electrons. The highest BCUT2D eigenvalue weighted by atomic mass is 16.6. The minimum Gasteiger partial charge on any atom is -0.444 e. The maximum absolute atomic E-state index is 11.1. The number of carbonyl (C=O) groups is 1. The molecular formula is C13H7N3O8. The van der Waals surface area contributed by atoms with Gasteiger partial charge < -0.3 is 4.74 Å². The molecule has 0 bridgehead atoms. The van der Waals surface area contributed by atoms with Crippen LogP contribution in [-0.2, 0) is 0 Å². The van der Waals surface area contributed by atoms with Crippen molar-refractivity contribution in [1.82, 2.24) is 0 Å². The number of hydrogen-bond donors (Lipinski definition) is 0. The van der Waals surface area contributed by atoms with E-state index in [0.717, 1.165) is 0 Å². The second kappa shape index (κ2) is 6.48. The van der Waals surface area contributed by atoms with Gasteiger partial charge in [0.25, 0.3) is 11.4 Å². The van der Waals surface area contributed by atoms with E-state index in [2.05, 4.69) is 0 Å². The van der Waals surface area contributed by atoms with Gasteiger partial charge in [-0.15, -0.1) is 0 Å². The molecule has 0 spiro atoms. The van der Waals surface area contributed by atoms with Crippen LogP contribution in [0.25, 0.3) is 0 Å². The van der Waals surface area contributed by atoms with E-state index in [4.69, 9.17) is 4.74 Å². The second-order valence-electron chi connectivity index (χ2n) is 4.38. The Kier molecular flexibility index (Phi) is 4.45. The van der Waals surface area contributed by atoms with Crippen LogP contribution in [0.4, 0.5) is 17.1 Å². The minimum atomic E-state index is -1.03. The summed E-state index contributed by atoms with van der Waals surface area (Å²) in [6.07, 6.45) is 0.492. The largest absolute Gasteiger partial charge is 0.444 e. The fraction of sp³-hybridized carbons (Fsp3) is 0. The third kappa shape index (κ3) is 3.30. The van der Waals surface area contributed by atoms with Gasteiger partial charge in [0.15, 0.2) is 0 Å². The Morgan fingerprint density at radius 1 is 0.875 bits per heavy atom. The molecule has 2 aromatic carbocycles. The number of nitrogens with zero attached hydrogens (tertiary/aromatic N) is 3. The first-order valence-corrected chi connectivity index (χ1v) is 6.17. The summed E-state index contributed by atoms with van der Waals surface area (Å²) >= 11 is 0. The monoisotopic (exact) mass is 333 g/mol. The van der Waals surface area contributed by atoms with Crippen LogP contribution in [0.2, 0.25) is 0 Å². The van der Waals surface area contributed by atoms with Crippen molar-refractivity contribution >= 4 is 23.3 Å². The van der Waals surface area contributed by atoms with E-state index >= 15 is 0 Å². The smallest absolute Gasteiger partial charge is 0.325 e. The summed E-state index contributed by atoms with van der Waals surface area (Å²) in [7, 11) is 0. The summed E-state index contributed by atoms with van der Waals surface area (Å²) in [4.78, 5) is 40.7. The summed E-state index contributed by atoms with van der Waals surface area (Å²) < 4.78 is 5.18. The molecule has 0 aliphatic heterocycles. The standard InChI is InChI=1S/C13H7N3O8/c17-7-8-2-1-3-10(4-8)24-13-11(15(20)21)5-9(14(18)19)6-12(13)16(22)23/h1-7H. The molecule has 0 aromatic heterocycles. The van der Waals surface area contributed by atoms with E-state index in [0.29, 0.717) is 18.4 Å². The normalized spacial score (nSPS) is 10.0. The van der Waals surface area contributed by atoms with Gasteiger partial charge >= 0.3 is 11.4 Å². The van der Waals surface area contributed by atoms with Crippen molar-refractivity contribution in [2.24, 2.45) is 0 Å². The van der Waals surface area contributed by atoms with Crippen LogP contribution in [-0.4, -0.2) is 21.1 Å². The highest BCUT2D eigenvalue weighted by molar-refractivity contribution is 5.75. The molecule has 0 fully saturated rings. The SMILES string of the molecule is O=Cc1cccc(Oc2c([N+](=O)[O-])cc([N+](=O)[O-])cc2[N+](=O)[O-])c1. The van der Waals surface area contributed by atoms with Gasteiger partial charge in [-0.3, -0.25) is 35.1 Å². The Morgan fingerprint density at radius 3 is 1.92 bits per heavy atom. The summed E-state index contributed by atoms with van der Waals surface area (Å²) in [5.41, 5.74) is -2.51. The summed E-state index contributed by atoms with van der Waals surface area (Å²) in [6.45, 7) is 0. The zero-order valence-electron chi connectivity index (χ0n) is 11.6. The van der Waals surface area contributed by atoms with Crippen LogP contribution in [0, 0.1) is 30.3 Å². The molecule has 0 radical (unpaired) electrons. The van der Waals surface area contributed by atoms with Gasteiger partial charge in [0.2, 0.25) is 0 Å². The van der Waals surface area contributed by atoms with Gasteiger partial charge in [-0.2, -0.15) is 0 Å². The van der Waals surface area contributed by atoms with E-state index < -0.39 is 37.6 Å². The van der Waals surface area contributed by atoms with Crippen molar-refractivity contribution in [3.63, 3.8) is 0 Å². The third-order valence-corrected chi connectivity index (χ3v) is 2.85. The molecule has 2 rings (SSSR count). The number of aldehydes is 1. The predicted octanol–water partition coefficient (Wildman–Crippen LogP) is 3.02. The molecule has 0 amide bonds. The van der Waals surface area contributed by atoms with Gasteiger partial charge in [-0.05, 0) is 12.1 Å². The van der Waals surface area contributed by atoms with Crippen LogP contribution in [0.5, 0.6) is 11.5 Å². The average molecular weight is 333 g/mol. The molecule has 24 heavy (non-hydrogen) atoms. The summed E-state index contributed by atoms with van der Waals surface area (Å²) in [5.74, 6) is -0.835. The number of carbonyl (C=O) groups excluding carboxylic acids is 1. The molecule has 0 saturated heterocycles. The maximum Gasteiger partial charge on any atom is 0.325 e. The van der Waals surface area contributed by atoms with Crippen molar-refractivity contribution in [3.8, 4) is 11.5 Å². The topological polar surface area (TPSA) is 156 Å². The first-order valence-electron chi connectivity index (χ1n) is 6.17. The minimum absolute atomic E-state index is 0.0698. The van der Waals surface area contributed by atoms with E-state index in [9.17, 15) is 35.1 Å². The molecule has 0 unspecified atom stereocenters. The Labute approximate surface area is 132 Å². The Morgan fingerprint density at radius 2 is 1.46 bits per heavy atom. The van der Waals surface area contributed by atoms with Crippen molar-refractivity contribution in [3.05, 3.63) is 72.3 Å². The van der Waals surface area contributed by atoms with Crippen LogP contribution < -0.4 is 4.74 Å². The lowest BCUT2D eigenvalue weighted by molar-refractivity contribution is -0.404. The highest BCUT2D eigenvalue weighted by Crippen LogP contribution is 2.42. The zero-order valence-corrected chi connectivity index (χ0v) is 11.6. The molecule has 0 aliphatic carbocycles. The average Bonchev–Trinajstić information content (AvgIpc) is 2.54. The number of benzene rings is 2. The number of rotatable bonds is 6. The first-order chi connectivity index (χ1) is 11.3. The molecule has 0 saturated carbocycles. The summed E-state index contributed by atoms with van der Waals surface area (Å²) in [5, 5.41) is 33.0. The molecule has 0 atom stereocenters. The van der Waals surface area contributed by atoms with Gasteiger partial charge in [0.05, 0.1) is 26.9 Å². The lowest BCUT2D eigenvalue weighted by Gasteiger charge is -2.07. The number of hydrogen-bond acceptors (Lipinski definition) is 8. The molecule has 0 aliphatic rings. The van der Waals surface area contributed by atoms with E-state index in [1.165, 1.54) is 24.3 Å². The molecule has 0 N–H and O–H groups in total.